The Morgan fingerprint density at radius 2 is 2.15 bits per heavy atom. The molecule has 0 fully saturated rings. The summed E-state index contributed by atoms with van der Waals surface area (Å²) in [4.78, 5) is 16.5. The van der Waals surface area contributed by atoms with Gasteiger partial charge in [-0.25, -0.2) is 0 Å². The van der Waals surface area contributed by atoms with Crippen molar-refractivity contribution < 1.29 is 4.79 Å². The Kier molecular flexibility index (Phi) is 5.26. The van der Waals surface area contributed by atoms with Gasteiger partial charge in [0.1, 0.15) is 0 Å². The number of aromatic nitrogens is 1. The molecule has 6 heteroatoms. The smallest absolute Gasteiger partial charge is 0.230 e. The molecule has 2 rings (SSSR count). The van der Waals surface area contributed by atoms with E-state index in [0.717, 1.165) is 10.5 Å². The number of nitrogens with one attached hydrogen (secondary N) is 1. The minimum Gasteiger partial charge on any atom is -0.397 e. The maximum atomic E-state index is 11.8. The molecule has 0 bridgehead atoms. The lowest BCUT2D eigenvalue weighted by molar-refractivity contribution is -0.118. The average molecular weight is 308 g/mol. The molecule has 0 atom stereocenters. The van der Waals surface area contributed by atoms with E-state index in [1.807, 2.05) is 18.2 Å². The minimum absolute atomic E-state index is 0.0638. The molecule has 104 valence electrons. The quantitative estimate of drug-likeness (QED) is 0.833. The van der Waals surface area contributed by atoms with Crippen LogP contribution in [0, 0.1) is 0 Å². The van der Waals surface area contributed by atoms with Crippen LogP contribution in [0.1, 0.15) is 5.56 Å². The SMILES string of the molecule is Nc1cnccc1SCC(=O)NCc1ccccc1Cl. The number of nitrogens with two attached hydrogens (primary N) is 1. The fraction of sp³-hybridized carbons (Fsp3) is 0.143. The monoisotopic (exact) mass is 307 g/mol. The molecule has 0 aliphatic rings. The lowest BCUT2D eigenvalue weighted by Crippen LogP contribution is -2.24. The average Bonchev–Trinajstić information content (AvgIpc) is 2.45. The molecule has 20 heavy (non-hydrogen) atoms. The molecular formula is C14H14ClN3OS. The standard InChI is InChI=1S/C14H14ClN3OS/c15-11-4-2-1-3-10(11)7-18-14(19)9-20-13-5-6-17-8-12(13)16/h1-6,8H,7,9,16H2,(H,18,19). The van der Waals surface area contributed by atoms with Gasteiger partial charge in [-0.15, -0.1) is 11.8 Å². The molecule has 4 nitrogen and oxygen atoms in total. The number of hydrogen-bond donors (Lipinski definition) is 2. The number of pyridine rings is 1. The molecule has 3 N–H and O–H groups in total. The summed E-state index contributed by atoms with van der Waals surface area (Å²) in [5.41, 5.74) is 7.24. The Balaban J connectivity index is 1.82. The van der Waals surface area contributed by atoms with Crippen molar-refractivity contribution in [3.8, 4) is 0 Å². The first kappa shape index (κ1) is 14.7. The predicted molar refractivity (Wildman–Crippen MR) is 82.7 cm³/mol. The van der Waals surface area contributed by atoms with Gasteiger partial charge in [-0.1, -0.05) is 29.8 Å². The summed E-state index contributed by atoms with van der Waals surface area (Å²) in [5.74, 6) is 0.240. The second kappa shape index (κ2) is 7.17. The van der Waals surface area contributed by atoms with E-state index in [0.29, 0.717) is 23.0 Å². The molecule has 0 aliphatic carbocycles. The first-order valence-electron chi connectivity index (χ1n) is 5.99. The molecule has 0 saturated heterocycles. The van der Waals surface area contributed by atoms with Crippen LogP contribution in [0.5, 0.6) is 0 Å². The van der Waals surface area contributed by atoms with Crippen LogP contribution in [0.15, 0.2) is 47.6 Å². The number of anilines is 1. The number of hydrogen-bond acceptors (Lipinski definition) is 4. The fourth-order valence-corrected chi connectivity index (χ4v) is 2.52. The second-order valence-corrected chi connectivity index (χ2v) is 5.49. The lowest BCUT2D eigenvalue weighted by atomic mass is 10.2. The number of carbonyl (C=O) groups excluding carboxylic acids is 1. The zero-order valence-corrected chi connectivity index (χ0v) is 12.2. The minimum atomic E-state index is -0.0638. The highest BCUT2D eigenvalue weighted by molar-refractivity contribution is 8.00. The van der Waals surface area contributed by atoms with Crippen molar-refractivity contribution in [3.63, 3.8) is 0 Å². The van der Waals surface area contributed by atoms with Gasteiger partial charge in [0.25, 0.3) is 0 Å². The number of amides is 1. The van der Waals surface area contributed by atoms with Crippen LogP contribution in [-0.2, 0) is 11.3 Å². The highest BCUT2D eigenvalue weighted by atomic mass is 35.5. The van der Waals surface area contributed by atoms with Gasteiger partial charge < -0.3 is 11.1 Å². The summed E-state index contributed by atoms with van der Waals surface area (Å²) in [6, 6.07) is 9.23. The van der Waals surface area contributed by atoms with Crippen LogP contribution in [0.2, 0.25) is 5.02 Å². The van der Waals surface area contributed by atoms with Crippen LogP contribution in [0.3, 0.4) is 0 Å². The van der Waals surface area contributed by atoms with E-state index in [9.17, 15) is 4.79 Å². The maximum absolute atomic E-state index is 11.8. The van der Waals surface area contributed by atoms with Gasteiger partial charge in [0.05, 0.1) is 17.6 Å². The van der Waals surface area contributed by atoms with E-state index in [2.05, 4.69) is 10.3 Å². The van der Waals surface area contributed by atoms with Crippen LogP contribution in [0.4, 0.5) is 5.69 Å². The van der Waals surface area contributed by atoms with Crippen molar-refractivity contribution in [2.24, 2.45) is 0 Å². The van der Waals surface area contributed by atoms with Crippen molar-refractivity contribution >= 4 is 35.0 Å². The van der Waals surface area contributed by atoms with E-state index in [1.54, 1.807) is 24.5 Å². The summed E-state index contributed by atoms with van der Waals surface area (Å²) in [7, 11) is 0. The van der Waals surface area contributed by atoms with Gasteiger partial charge in [-0.2, -0.15) is 0 Å². The first-order chi connectivity index (χ1) is 9.66. The summed E-state index contributed by atoms with van der Waals surface area (Å²) in [5, 5.41) is 3.48. The summed E-state index contributed by atoms with van der Waals surface area (Å²) in [6.45, 7) is 0.422. The van der Waals surface area contributed by atoms with Gasteiger partial charge in [0, 0.05) is 22.7 Å². The number of thioether (sulfide) groups is 1. The molecule has 1 heterocycles. The zero-order chi connectivity index (χ0) is 14.4. The Hall–Kier alpha value is -1.72. The number of benzene rings is 1. The molecule has 0 aliphatic heterocycles. The largest absolute Gasteiger partial charge is 0.397 e. The van der Waals surface area contributed by atoms with Crippen LogP contribution < -0.4 is 11.1 Å². The van der Waals surface area contributed by atoms with Crippen LogP contribution in [-0.4, -0.2) is 16.6 Å². The summed E-state index contributed by atoms with van der Waals surface area (Å²) in [6.07, 6.45) is 3.23. The molecule has 0 radical (unpaired) electrons. The molecule has 0 saturated carbocycles. The molecule has 1 aromatic heterocycles. The van der Waals surface area contributed by atoms with Crippen molar-refractivity contribution in [1.82, 2.24) is 10.3 Å². The number of rotatable bonds is 5. The van der Waals surface area contributed by atoms with Crippen LogP contribution >= 0.6 is 23.4 Å². The van der Waals surface area contributed by atoms with Gasteiger partial charge >= 0.3 is 0 Å². The van der Waals surface area contributed by atoms with E-state index < -0.39 is 0 Å². The van der Waals surface area contributed by atoms with Gasteiger partial charge in [-0.3, -0.25) is 9.78 Å². The predicted octanol–water partition coefficient (Wildman–Crippen LogP) is 2.73. The Morgan fingerprint density at radius 3 is 2.90 bits per heavy atom. The molecule has 0 spiro atoms. The number of halogens is 1. The highest BCUT2D eigenvalue weighted by Crippen LogP contribution is 2.23. The first-order valence-corrected chi connectivity index (χ1v) is 7.35. The number of nitrogens with zero attached hydrogens (tertiary/aromatic N) is 1. The van der Waals surface area contributed by atoms with Crippen molar-refractivity contribution in [1.29, 1.82) is 0 Å². The molecule has 1 amide bonds. The third-order valence-corrected chi connectivity index (χ3v) is 4.06. The topological polar surface area (TPSA) is 68.0 Å². The van der Waals surface area contributed by atoms with Gasteiger partial charge in [0.15, 0.2) is 0 Å². The second-order valence-electron chi connectivity index (χ2n) is 4.07. The summed E-state index contributed by atoms with van der Waals surface area (Å²) >= 11 is 7.41. The molecule has 2 aromatic rings. The maximum Gasteiger partial charge on any atom is 0.230 e. The summed E-state index contributed by atoms with van der Waals surface area (Å²) < 4.78 is 0. The Bertz CT molecular complexity index is 555. The van der Waals surface area contributed by atoms with E-state index in [1.165, 1.54) is 11.8 Å². The van der Waals surface area contributed by atoms with Crippen molar-refractivity contribution in [2.75, 3.05) is 11.5 Å². The molecule has 1 aromatic carbocycles. The van der Waals surface area contributed by atoms with Crippen molar-refractivity contribution in [3.05, 3.63) is 53.3 Å². The number of carbonyl (C=O) groups is 1. The van der Waals surface area contributed by atoms with Crippen molar-refractivity contribution in [2.45, 2.75) is 11.4 Å². The highest BCUT2D eigenvalue weighted by Gasteiger charge is 2.06. The lowest BCUT2D eigenvalue weighted by Gasteiger charge is -2.07. The Labute approximate surface area is 126 Å². The van der Waals surface area contributed by atoms with Crippen LogP contribution in [0.25, 0.3) is 0 Å². The molecular weight excluding hydrogens is 294 g/mol. The van der Waals surface area contributed by atoms with E-state index in [-0.39, 0.29) is 5.91 Å². The van der Waals surface area contributed by atoms with Gasteiger partial charge in [0.2, 0.25) is 5.91 Å². The normalized spacial score (nSPS) is 10.2. The Morgan fingerprint density at radius 1 is 1.35 bits per heavy atom. The molecule has 0 unspecified atom stereocenters. The van der Waals surface area contributed by atoms with E-state index >= 15 is 0 Å². The van der Waals surface area contributed by atoms with Gasteiger partial charge in [-0.05, 0) is 17.7 Å². The third-order valence-electron chi connectivity index (χ3n) is 2.60. The zero-order valence-electron chi connectivity index (χ0n) is 10.7. The third kappa shape index (κ3) is 4.15. The van der Waals surface area contributed by atoms with E-state index in [4.69, 9.17) is 17.3 Å². The number of nitrogen functional groups attached to an aromatic ring is 1. The fourth-order valence-electron chi connectivity index (χ4n) is 1.56.